The molecule has 18 heavy (non-hydrogen) atoms. The number of rotatable bonds is 1. The molecule has 0 unspecified atom stereocenters. The highest BCUT2D eigenvalue weighted by Crippen LogP contribution is 2.29. The fraction of sp³-hybridized carbons (Fsp3) is 0. The highest BCUT2D eigenvalue weighted by Gasteiger charge is 2.11. The third kappa shape index (κ3) is 2.04. The van der Waals surface area contributed by atoms with Crippen LogP contribution in [0.3, 0.4) is 0 Å². The highest BCUT2D eigenvalue weighted by atomic mass is 79.9. The minimum atomic E-state index is 0.399. The van der Waals surface area contributed by atoms with Gasteiger partial charge < -0.3 is 0 Å². The van der Waals surface area contributed by atoms with E-state index in [0.717, 1.165) is 14.5 Å². The summed E-state index contributed by atoms with van der Waals surface area (Å²) in [5.74, 6) is 0.716. The van der Waals surface area contributed by atoms with Crippen LogP contribution in [0.4, 0.5) is 0 Å². The lowest BCUT2D eigenvalue weighted by Gasteiger charge is -2.03. The van der Waals surface area contributed by atoms with Crippen LogP contribution in [0.2, 0.25) is 5.15 Å². The second-order valence-corrected chi connectivity index (χ2v) is 5.74. The molecule has 0 atom stereocenters. The molecule has 7 heteroatoms. The highest BCUT2D eigenvalue weighted by molar-refractivity contribution is 9.11. The Kier molecular flexibility index (Phi) is 3.09. The van der Waals surface area contributed by atoms with Crippen LogP contribution in [0.1, 0.15) is 0 Å². The van der Waals surface area contributed by atoms with Crippen molar-refractivity contribution in [3.05, 3.63) is 44.7 Å². The topological polar surface area (TPSA) is 43.1 Å². The summed E-state index contributed by atoms with van der Waals surface area (Å²) in [6.45, 7) is 0. The zero-order valence-electron chi connectivity index (χ0n) is 8.81. The van der Waals surface area contributed by atoms with Crippen LogP contribution in [-0.4, -0.2) is 19.6 Å². The average Bonchev–Trinajstić information content (AvgIpc) is 2.72. The van der Waals surface area contributed by atoms with E-state index in [1.165, 1.54) is 0 Å². The number of halogens is 3. The van der Waals surface area contributed by atoms with E-state index in [1.807, 2.05) is 18.2 Å². The van der Waals surface area contributed by atoms with Gasteiger partial charge in [-0.1, -0.05) is 27.5 Å². The van der Waals surface area contributed by atoms with Gasteiger partial charge in [-0.05, 0) is 34.1 Å². The maximum atomic E-state index is 5.82. The van der Waals surface area contributed by atoms with Crippen molar-refractivity contribution in [3.8, 4) is 11.4 Å². The van der Waals surface area contributed by atoms with Crippen molar-refractivity contribution in [2.24, 2.45) is 0 Å². The average molecular weight is 388 g/mol. The summed E-state index contributed by atoms with van der Waals surface area (Å²) in [6.07, 6.45) is 1.61. The SMILES string of the molecule is Clc1cc2nnc(-c3ccc(Br)cc3Br)n2cn1. The second-order valence-electron chi connectivity index (χ2n) is 3.59. The fourth-order valence-corrected chi connectivity index (χ4v) is 2.99. The van der Waals surface area contributed by atoms with Crippen LogP contribution in [-0.2, 0) is 0 Å². The molecule has 0 amide bonds. The monoisotopic (exact) mass is 386 g/mol. The molecule has 0 spiro atoms. The molecule has 0 bridgehead atoms. The van der Waals surface area contributed by atoms with E-state index in [1.54, 1.807) is 16.8 Å². The van der Waals surface area contributed by atoms with Gasteiger partial charge in [0, 0.05) is 20.6 Å². The molecule has 0 aliphatic heterocycles. The minimum absolute atomic E-state index is 0.399. The molecule has 4 nitrogen and oxygen atoms in total. The molecule has 0 saturated carbocycles. The van der Waals surface area contributed by atoms with Crippen molar-refractivity contribution in [1.82, 2.24) is 19.6 Å². The molecule has 0 saturated heterocycles. The maximum absolute atomic E-state index is 5.82. The van der Waals surface area contributed by atoms with Gasteiger partial charge in [0.15, 0.2) is 11.5 Å². The molecule has 0 N–H and O–H groups in total. The zero-order chi connectivity index (χ0) is 12.7. The number of hydrogen-bond acceptors (Lipinski definition) is 3. The van der Waals surface area contributed by atoms with Gasteiger partial charge in [0.05, 0.1) is 0 Å². The summed E-state index contributed by atoms with van der Waals surface area (Å²) < 4.78 is 3.72. The lowest BCUT2D eigenvalue weighted by Crippen LogP contribution is -1.92. The molecule has 0 fully saturated rings. The summed E-state index contributed by atoms with van der Waals surface area (Å²) in [7, 11) is 0. The summed E-state index contributed by atoms with van der Waals surface area (Å²) in [5.41, 5.74) is 1.61. The van der Waals surface area contributed by atoms with Crippen LogP contribution in [0, 0.1) is 0 Å². The predicted molar refractivity (Wildman–Crippen MR) is 76.6 cm³/mol. The van der Waals surface area contributed by atoms with Gasteiger partial charge >= 0.3 is 0 Å². The predicted octanol–water partition coefficient (Wildman–Crippen LogP) is 3.97. The molecule has 0 radical (unpaired) electrons. The van der Waals surface area contributed by atoms with E-state index >= 15 is 0 Å². The number of aromatic nitrogens is 4. The molecule has 90 valence electrons. The van der Waals surface area contributed by atoms with Crippen molar-refractivity contribution in [3.63, 3.8) is 0 Å². The Balaban J connectivity index is 2.25. The van der Waals surface area contributed by atoms with Gasteiger partial charge in [0.2, 0.25) is 0 Å². The second kappa shape index (κ2) is 4.60. The van der Waals surface area contributed by atoms with E-state index in [2.05, 4.69) is 47.0 Å². The lowest BCUT2D eigenvalue weighted by atomic mass is 10.2. The zero-order valence-corrected chi connectivity index (χ0v) is 12.7. The van der Waals surface area contributed by atoms with Gasteiger partial charge in [0.25, 0.3) is 0 Å². The third-order valence-electron chi connectivity index (χ3n) is 2.44. The van der Waals surface area contributed by atoms with Crippen LogP contribution in [0.5, 0.6) is 0 Å². The van der Waals surface area contributed by atoms with Gasteiger partial charge in [0.1, 0.15) is 11.5 Å². The molecular formula is C11H5Br2ClN4. The van der Waals surface area contributed by atoms with Crippen LogP contribution >= 0.6 is 43.5 Å². The van der Waals surface area contributed by atoms with E-state index < -0.39 is 0 Å². The lowest BCUT2D eigenvalue weighted by molar-refractivity contribution is 1.08. The van der Waals surface area contributed by atoms with E-state index in [-0.39, 0.29) is 0 Å². The minimum Gasteiger partial charge on any atom is -0.265 e. The molecule has 0 aliphatic carbocycles. The molecule has 2 aromatic heterocycles. The number of nitrogens with zero attached hydrogens (tertiary/aromatic N) is 4. The quantitative estimate of drug-likeness (QED) is 0.593. The third-order valence-corrected chi connectivity index (χ3v) is 3.79. The van der Waals surface area contributed by atoms with E-state index in [0.29, 0.717) is 16.6 Å². The first-order chi connectivity index (χ1) is 8.65. The fourth-order valence-electron chi connectivity index (χ4n) is 1.63. The largest absolute Gasteiger partial charge is 0.265 e. The smallest absolute Gasteiger partial charge is 0.170 e. The number of benzene rings is 1. The first kappa shape index (κ1) is 12.1. The first-order valence-electron chi connectivity index (χ1n) is 4.97. The van der Waals surface area contributed by atoms with Crippen molar-refractivity contribution in [2.45, 2.75) is 0 Å². The maximum Gasteiger partial charge on any atom is 0.170 e. The van der Waals surface area contributed by atoms with Gasteiger partial charge in [-0.3, -0.25) is 4.40 Å². The van der Waals surface area contributed by atoms with Crippen LogP contribution in [0.15, 0.2) is 39.5 Å². The molecule has 3 rings (SSSR count). The van der Waals surface area contributed by atoms with Gasteiger partial charge in [-0.2, -0.15) is 0 Å². The van der Waals surface area contributed by atoms with E-state index in [4.69, 9.17) is 11.6 Å². The summed E-state index contributed by atoms with van der Waals surface area (Å²) in [4.78, 5) is 4.04. The normalized spacial score (nSPS) is 11.1. The summed E-state index contributed by atoms with van der Waals surface area (Å²) in [6, 6.07) is 7.54. The summed E-state index contributed by atoms with van der Waals surface area (Å²) in [5, 5.41) is 8.64. The Morgan fingerprint density at radius 1 is 1.11 bits per heavy atom. The van der Waals surface area contributed by atoms with Gasteiger partial charge in [-0.15, -0.1) is 10.2 Å². The number of fused-ring (bicyclic) bond motifs is 1. The van der Waals surface area contributed by atoms with Crippen molar-refractivity contribution >= 4 is 49.1 Å². The van der Waals surface area contributed by atoms with Gasteiger partial charge in [-0.25, -0.2) is 4.98 Å². The Morgan fingerprint density at radius 2 is 1.94 bits per heavy atom. The Morgan fingerprint density at radius 3 is 2.72 bits per heavy atom. The molecule has 2 heterocycles. The molecule has 1 aromatic carbocycles. The molecule has 0 aliphatic rings. The van der Waals surface area contributed by atoms with E-state index in [9.17, 15) is 0 Å². The van der Waals surface area contributed by atoms with Crippen molar-refractivity contribution in [2.75, 3.05) is 0 Å². The van der Waals surface area contributed by atoms with Crippen LogP contribution < -0.4 is 0 Å². The van der Waals surface area contributed by atoms with Crippen LogP contribution in [0.25, 0.3) is 17.0 Å². The Hall–Kier alpha value is -0.980. The number of hydrogen-bond donors (Lipinski definition) is 0. The summed E-state index contributed by atoms with van der Waals surface area (Å²) >= 11 is 12.7. The first-order valence-corrected chi connectivity index (χ1v) is 6.93. The molecular weight excluding hydrogens is 383 g/mol. The van der Waals surface area contributed by atoms with Crippen molar-refractivity contribution in [1.29, 1.82) is 0 Å². The standard InChI is InChI=1S/C11H5Br2ClN4/c12-6-1-2-7(8(13)3-6)11-17-16-10-4-9(14)15-5-18(10)11/h1-5H. The Labute approximate surface area is 124 Å². The Bertz CT molecular complexity index is 741. The van der Waals surface area contributed by atoms with Crippen molar-refractivity contribution < 1.29 is 0 Å². The molecule has 3 aromatic rings.